The Balaban J connectivity index is 1.92. The molecule has 0 radical (unpaired) electrons. The van der Waals surface area contributed by atoms with Crippen molar-refractivity contribution in [1.82, 2.24) is 15.6 Å². The van der Waals surface area contributed by atoms with Crippen LogP contribution in [-0.4, -0.2) is 23.5 Å². The summed E-state index contributed by atoms with van der Waals surface area (Å²) in [4.78, 5) is 16.1. The van der Waals surface area contributed by atoms with Crippen molar-refractivity contribution in [2.24, 2.45) is 0 Å². The van der Waals surface area contributed by atoms with Gasteiger partial charge in [0, 0.05) is 6.20 Å². The molecule has 0 spiro atoms. The van der Waals surface area contributed by atoms with Crippen molar-refractivity contribution in [3.05, 3.63) is 30.1 Å². The monoisotopic (exact) mass is 219 g/mol. The Bertz CT molecular complexity index is 347. The van der Waals surface area contributed by atoms with Gasteiger partial charge in [-0.1, -0.05) is 6.07 Å². The summed E-state index contributed by atoms with van der Waals surface area (Å²) in [6, 6.07) is 5.67. The van der Waals surface area contributed by atoms with Crippen LogP contribution in [0.3, 0.4) is 0 Å². The van der Waals surface area contributed by atoms with Crippen LogP contribution in [0.1, 0.15) is 31.5 Å². The van der Waals surface area contributed by atoms with Gasteiger partial charge >= 0.3 is 0 Å². The van der Waals surface area contributed by atoms with E-state index in [0.717, 1.165) is 25.1 Å². The first kappa shape index (κ1) is 11.1. The molecule has 86 valence electrons. The zero-order chi connectivity index (χ0) is 11.4. The van der Waals surface area contributed by atoms with Crippen LogP contribution in [-0.2, 0) is 4.79 Å². The molecule has 2 rings (SSSR count). The Morgan fingerprint density at radius 1 is 1.62 bits per heavy atom. The largest absolute Gasteiger partial charge is 0.347 e. The van der Waals surface area contributed by atoms with Crippen molar-refractivity contribution in [3.63, 3.8) is 0 Å². The van der Waals surface area contributed by atoms with Gasteiger partial charge in [0.15, 0.2) is 0 Å². The lowest BCUT2D eigenvalue weighted by molar-refractivity contribution is -0.123. The third-order valence-corrected chi connectivity index (χ3v) is 2.87. The second kappa shape index (κ2) is 5.07. The van der Waals surface area contributed by atoms with Gasteiger partial charge in [0.1, 0.15) is 0 Å². The number of pyridine rings is 1. The number of nitrogens with one attached hydrogen (secondary N) is 2. The van der Waals surface area contributed by atoms with Crippen molar-refractivity contribution >= 4 is 5.91 Å². The van der Waals surface area contributed by atoms with E-state index in [1.54, 1.807) is 6.20 Å². The summed E-state index contributed by atoms with van der Waals surface area (Å²) in [6.07, 6.45) is 3.75. The number of carbonyl (C=O) groups excluding carboxylic acids is 1. The average Bonchev–Trinajstić information content (AvgIpc) is 2.83. The van der Waals surface area contributed by atoms with Crippen LogP contribution < -0.4 is 10.6 Å². The maximum atomic E-state index is 11.8. The molecule has 0 aliphatic carbocycles. The number of amides is 1. The molecule has 0 aromatic carbocycles. The number of carbonyl (C=O) groups is 1. The Morgan fingerprint density at radius 2 is 2.50 bits per heavy atom. The maximum Gasteiger partial charge on any atom is 0.237 e. The molecular weight excluding hydrogens is 202 g/mol. The van der Waals surface area contributed by atoms with Crippen LogP contribution in [0.25, 0.3) is 0 Å². The Hall–Kier alpha value is -1.42. The quantitative estimate of drug-likeness (QED) is 0.797. The highest BCUT2D eigenvalue weighted by molar-refractivity contribution is 5.82. The maximum absolute atomic E-state index is 11.8. The second-order valence-corrected chi connectivity index (χ2v) is 4.13. The molecule has 4 nitrogen and oxygen atoms in total. The molecule has 1 saturated heterocycles. The van der Waals surface area contributed by atoms with Crippen molar-refractivity contribution in [1.29, 1.82) is 0 Å². The summed E-state index contributed by atoms with van der Waals surface area (Å²) in [5, 5.41) is 6.15. The van der Waals surface area contributed by atoms with Gasteiger partial charge in [0.05, 0.1) is 17.8 Å². The lowest BCUT2D eigenvalue weighted by Gasteiger charge is -2.16. The van der Waals surface area contributed by atoms with E-state index in [1.807, 2.05) is 25.1 Å². The molecule has 1 aromatic rings. The number of nitrogens with zero attached hydrogens (tertiary/aromatic N) is 1. The standard InChI is InChI=1S/C12H17N3O/c1-9(10-5-2-3-7-13-10)15-12(16)11-6-4-8-14-11/h2-3,5,7,9,11,14H,4,6,8H2,1H3,(H,15,16)/t9-,11-/m1/s1. The van der Waals surface area contributed by atoms with Gasteiger partial charge in [-0.25, -0.2) is 0 Å². The highest BCUT2D eigenvalue weighted by atomic mass is 16.2. The first-order valence-corrected chi connectivity index (χ1v) is 5.72. The van der Waals surface area contributed by atoms with Crippen molar-refractivity contribution < 1.29 is 4.79 Å². The zero-order valence-electron chi connectivity index (χ0n) is 9.44. The van der Waals surface area contributed by atoms with E-state index < -0.39 is 0 Å². The van der Waals surface area contributed by atoms with Gasteiger partial charge in [-0.15, -0.1) is 0 Å². The van der Waals surface area contributed by atoms with Crippen molar-refractivity contribution in [3.8, 4) is 0 Å². The summed E-state index contributed by atoms with van der Waals surface area (Å²) < 4.78 is 0. The fourth-order valence-electron chi connectivity index (χ4n) is 1.93. The minimum absolute atomic E-state index is 0.0221. The van der Waals surface area contributed by atoms with Gasteiger partial charge in [-0.05, 0) is 38.4 Å². The third-order valence-electron chi connectivity index (χ3n) is 2.87. The van der Waals surface area contributed by atoms with E-state index in [9.17, 15) is 4.79 Å². The normalized spacial score (nSPS) is 21.7. The molecule has 1 aliphatic rings. The minimum Gasteiger partial charge on any atom is -0.347 e. The summed E-state index contributed by atoms with van der Waals surface area (Å²) in [6.45, 7) is 2.89. The molecule has 1 fully saturated rings. The van der Waals surface area contributed by atoms with Crippen LogP contribution in [0.5, 0.6) is 0 Å². The molecule has 1 amide bonds. The first-order chi connectivity index (χ1) is 7.77. The molecule has 1 aromatic heterocycles. The van der Waals surface area contributed by atoms with Crippen LogP contribution in [0.15, 0.2) is 24.4 Å². The lowest BCUT2D eigenvalue weighted by Crippen LogP contribution is -2.41. The molecular formula is C12H17N3O. The van der Waals surface area contributed by atoms with Crippen molar-refractivity contribution in [2.75, 3.05) is 6.54 Å². The summed E-state index contributed by atoms with van der Waals surface area (Å²) in [7, 11) is 0. The van der Waals surface area contributed by atoms with Crippen LogP contribution >= 0.6 is 0 Å². The van der Waals surface area contributed by atoms with Gasteiger partial charge in [0.25, 0.3) is 0 Å². The van der Waals surface area contributed by atoms with Crippen LogP contribution in [0.4, 0.5) is 0 Å². The molecule has 16 heavy (non-hydrogen) atoms. The van der Waals surface area contributed by atoms with Gasteiger partial charge < -0.3 is 10.6 Å². The zero-order valence-corrected chi connectivity index (χ0v) is 9.44. The van der Waals surface area contributed by atoms with Crippen LogP contribution in [0, 0.1) is 0 Å². The van der Waals surface area contributed by atoms with Gasteiger partial charge in [0.2, 0.25) is 5.91 Å². The molecule has 0 saturated carbocycles. The van der Waals surface area contributed by atoms with E-state index in [2.05, 4.69) is 15.6 Å². The molecule has 0 bridgehead atoms. The fraction of sp³-hybridized carbons (Fsp3) is 0.500. The van der Waals surface area contributed by atoms with E-state index in [-0.39, 0.29) is 18.0 Å². The van der Waals surface area contributed by atoms with Gasteiger partial charge in [-0.3, -0.25) is 9.78 Å². The van der Waals surface area contributed by atoms with Gasteiger partial charge in [-0.2, -0.15) is 0 Å². The predicted molar refractivity (Wildman–Crippen MR) is 61.8 cm³/mol. The minimum atomic E-state index is -0.0314. The number of aromatic nitrogens is 1. The summed E-state index contributed by atoms with van der Waals surface area (Å²) in [5.74, 6) is 0.0793. The molecule has 4 heteroatoms. The lowest BCUT2D eigenvalue weighted by atomic mass is 10.1. The number of hydrogen-bond donors (Lipinski definition) is 2. The molecule has 2 heterocycles. The number of rotatable bonds is 3. The average molecular weight is 219 g/mol. The van der Waals surface area contributed by atoms with Crippen molar-refractivity contribution in [2.45, 2.75) is 31.8 Å². The van der Waals surface area contributed by atoms with Crippen LogP contribution in [0.2, 0.25) is 0 Å². The van der Waals surface area contributed by atoms with E-state index in [0.29, 0.717) is 0 Å². The Kier molecular flexibility index (Phi) is 3.51. The van der Waals surface area contributed by atoms with E-state index in [4.69, 9.17) is 0 Å². The Labute approximate surface area is 95.5 Å². The smallest absolute Gasteiger partial charge is 0.237 e. The highest BCUT2D eigenvalue weighted by Gasteiger charge is 2.23. The molecule has 1 aliphatic heterocycles. The molecule has 0 unspecified atom stereocenters. The summed E-state index contributed by atoms with van der Waals surface area (Å²) in [5.41, 5.74) is 0.897. The fourth-order valence-corrected chi connectivity index (χ4v) is 1.93. The number of hydrogen-bond acceptors (Lipinski definition) is 3. The highest BCUT2D eigenvalue weighted by Crippen LogP contribution is 2.10. The molecule has 2 atom stereocenters. The van der Waals surface area contributed by atoms with E-state index in [1.165, 1.54) is 0 Å². The Morgan fingerprint density at radius 3 is 3.12 bits per heavy atom. The molecule has 2 N–H and O–H groups in total. The second-order valence-electron chi connectivity index (χ2n) is 4.13. The van der Waals surface area contributed by atoms with E-state index >= 15 is 0 Å². The SMILES string of the molecule is C[C@@H](NC(=O)[C@H]1CCCN1)c1ccccn1. The summed E-state index contributed by atoms with van der Waals surface area (Å²) >= 11 is 0. The predicted octanol–water partition coefficient (Wildman–Crippen LogP) is 1.01. The topological polar surface area (TPSA) is 54.0 Å². The first-order valence-electron chi connectivity index (χ1n) is 5.72. The third kappa shape index (κ3) is 2.58.